The van der Waals surface area contributed by atoms with E-state index in [1.807, 2.05) is 13.8 Å². The van der Waals surface area contributed by atoms with Gasteiger partial charge in [-0.1, -0.05) is 0 Å². The predicted molar refractivity (Wildman–Crippen MR) is 53.7 cm³/mol. The van der Waals surface area contributed by atoms with Crippen molar-refractivity contribution in [3.8, 4) is 0 Å². The summed E-state index contributed by atoms with van der Waals surface area (Å²) in [4.78, 5) is 4.20. The largest absolute Gasteiger partial charge is 0.376 e. The number of guanidine groups is 1. The fourth-order valence-electron chi connectivity index (χ4n) is 1.33. The van der Waals surface area contributed by atoms with Gasteiger partial charge in [0.1, 0.15) is 0 Å². The lowest BCUT2D eigenvalue weighted by atomic mass is 10.2. The van der Waals surface area contributed by atoms with Crippen molar-refractivity contribution in [2.75, 3.05) is 13.2 Å². The van der Waals surface area contributed by atoms with E-state index >= 15 is 0 Å². The van der Waals surface area contributed by atoms with Crippen LogP contribution in [-0.4, -0.2) is 31.3 Å². The Hall–Kier alpha value is -0.770. The number of rotatable bonds is 3. The number of ether oxygens (including phenoxy) is 1. The summed E-state index contributed by atoms with van der Waals surface area (Å²) in [5.74, 6) is 0.519. The van der Waals surface area contributed by atoms with Crippen LogP contribution in [0, 0.1) is 0 Å². The van der Waals surface area contributed by atoms with E-state index in [2.05, 4.69) is 10.3 Å². The second-order valence-corrected chi connectivity index (χ2v) is 3.66. The minimum atomic E-state index is 0.285. The normalized spacial score (nSPS) is 23.9. The Morgan fingerprint density at radius 2 is 2.46 bits per heavy atom. The van der Waals surface area contributed by atoms with Crippen LogP contribution in [0.4, 0.5) is 0 Å². The summed E-state index contributed by atoms with van der Waals surface area (Å²) in [6.07, 6.45) is 2.54. The Kier molecular flexibility index (Phi) is 4.02. The molecule has 1 saturated heterocycles. The molecule has 4 heteroatoms. The maximum Gasteiger partial charge on any atom is 0.188 e. The fourth-order valence-corrected chi connectivity index (χ4v) is 1.33. The van der Waals surface area contributed by atoms with Gasteiger partial charge in [0.25, 0.3) is 0 Å². The van der Waals surface area contributed by atoms with Gasteiger partial charge in [0.2, 0.25) is 0 Å². The van der Waals surface area contributed by atoms with E-state index in [-0.39, 0.29) is 6.10 Å². The molecule has 0 amide bonds. The highest BCUT2D eigenvalue weighted by molar-refractivity contribution is 5.78. The lowest BCUT2D eigenvalue weighted by Crippen LogP contribution is -2.37. The molecule has 3 N–H and O–H groups in total. The summed E-state index contributed by atoms with van der Waals surface area (Å²) in [5.41, 5.74) is 5.64. The van der Waals surface area contributed by atoms with E-state index in [4.69, 9.17) is 10.5 Å². The molecule has 1 atom stereocenters. The third kappa shape index (κ3) is 4.12. The topological polar surface area (TPSA) is 59.6 Å². The van der Waals surface area contributed by atoms with E-state index in [9.17, 15) is 0 Å². The van der Waals surface area contributed by atoms with Crippen molar-refractivity contribution in [2.45, 2.75) is 38.8 Å². The third-order valence-electron chi connectivity index (χ3n) is 1.93. The molecule has 0 spiro atoms. The van der Waals surface area contributed by atoms with Gasteiger partial charge in [-0.25, -0.2) is 0 Å². The van der Waals surface area contributed by atoms with Gasteiger partial charge in [-0.2, -0.15) is 0 Å². The first kappa shape index (κ1) is 10.3. The summed E-state index contributed by atoms with van der Waals surface area (Å²) < 4.78 is 5.42. The minimum absolute atomic E-state index is 0.285. The number of nitrogens with one attached hydrogen (secondary N) is 1. The van der Waals surface area contributed by atoms with Crippen molar-refractivity contribution in [3.63, 3.8) is 0 Å². The van der Waals surface area contributed by atoms with Crippen LogP contribution in [0.5, 0.6) is 0 Å². The van der Waals surface area contributed by atoms with Crippen LogP contribution in [-0.2, 0) is 4.74 Å². The maximum atomic E-state index is 5.64. The van der Waals surface area contributed by atoms with Crippen LogP contribution in [0.25, 0.3) is 0 Å². The fraction of sp³-hybridized carbons (Fsp3) is 0.889. The first-order chi connectivity index (χ1) is 6.18. The molecule has 13 heavy (non-hydrogen) atoms. The smallest absolute Gasteiger partial charge is 0.188 e. The molecule has 0 aromatic carbocycles. The average molecular weight is 185 g/mol. The molecule has 0 aromatic rings. The number of aliphatic imine (C=N–C) groups is 1. The van der Waals surface area contributed by atoms with Crippen LogP contribution in [0.3, 0.4) is 0 Å². The first-order valence-electron chi connectivity index (χ1n) is 4.86. The van der Waals surface area contributed by atoms with Crippen LogP contribution in [0.2, 0.25) is 0 Å². The Morgan fingerprint density at radius 3 is 3.00 bits per heavy atom. The predicted octanol–water partition coefficient (Wildman–Crippen LogP) is 0.478. The van der Waals surface area contributed by atoms with Gasteiger partial charge in [0, 0.05) is 12.6 Å². The first-order valence-corrected chi connectivity index (χ1v) is 4.86. The van der Waals surface area contributed by atoms with Crippen molar-refractivity contribution in [1.82, 2.24) is 5.32 Å². The Bertz CT molecular complexity index is 174. The Balaban J connectivity index is 2.21. The molecule has 1 rings (SSSR count). The zero-order chi connectivity index (χ0) is 9.68. The number of hydrogen-bond donors (Lipinski definition) is 2. The molecule has 0 bridgehead atoms. The third-order valence-corrected chi connectivity index (χ3v) is 1.93. The molecule has 0 saturated carbocycles. The van der Waals surface area contributed by atoms with Crippen LogP contribution in [0.1, 0.15) is 26.7 Å². The highest BCUT2D eigenvalue weighted by atomic mass is 16.5. The summed E-state index contributed by atoms with van der Waals surface area (Å²) in [7, 11) is 0. The van der Waals surface area contributed by atoms with Gasteiger partial charge in [-0.15, -0.1) is 0 Å². The number of hydrogen-bond acceptors (Lipinski definition) is 2. The molecule has 0 radical (unpaired) electrons. The van der Waals surface area contributed by atoms with E-state index in [1.165, 1.54) is 0 Å². The highest BCUT2D eigenvalue weighted by Gasteiger charge is 2.14. The Labute approximate surface area is 79.6 Å². The minimum Gasteiger partial charge on any atom is -0.376 e. The molecule has 76 valence electrons. The van der Waals surface area contributed by atoms with Gasteiger partial charge in [-0.3, -0.25) is 4.99 Å². The summed E-state index contributed by atoms with van der Waals surface area (Å²) >= 11 is 0. The van der Waals surface area contributed by atoms with Gasteiger partial charge < -0.3 is 15.8 Å². The summed E-state index contributed by atoms with van der Waals surface area (Å²) in [6.45, 7) is 5.63. The molecular formula is C9H19N3O. The van der Waals surface area contributed by atoms with Gasteiger partial charge >= 0.3 is 0 Å². The Morgan fingerprint density at radius 1 is 1.69 bits per heavy atom. The van der Waals surface area contributed by atoms with Crippen LogP contribution >= 0.6 is 0 Å². The monoisotopic (exact) mass is 185 g/mol. The number of nitrogens with two attached hydrogens (primary N) is 1. The zero-order valence-corrected chi connectivity index (χ0v) is 8.42. The van der Waals surface area contributed by atoms with Crippen molar-refractivity contribution in [1.29, 1.82) is 0 Å². The quantitative estimate of drug-likeness (QED) is 0.496. The zero-order valence-electron chi connectivity index (χ0n) is 8.42. The van der Waals surface area contributed by atoms with Crippen molar-refractivity contribution >= 4 is 5.96 Å². The molecule has 1 aliphatic rings. The second kappa shape index (κ2) is 5.07. The lowest BCUT2D eigenvalue weighted by molar-refractivity contribution is 0.117. The van der Waals surface area contributed by atoms with Gasteiger partial charge in [0.05, 0.1) is 12.6 Å². The molecule has 1 aliphatic heterocycles. The molecule has 0 aliphatic carbocycles. The van der Waals surface area contributed by atoms with Gasteiger partial charge in [0.15, 0.2) is 5.96 Å². The number of nitrogens with zero attached hydrogens (tertiary/aromatic N) is 1. The van der Waals surface area contributed by atoms with E-state index in [0.29, 0.717) is 18.5 Å². The molecule has 1 unspecified atom stereocenters. The van der Waals surface area contributed by atoms with Crippen molar-refractivity contribution in [3.05, 3.63) is 0 Å². The van der Waals surface area contributed by atoms with Crippen molar-refractivity contribution in [2.24, 2.45) is 10.7 Å². The van der Waals surface area contributed by atoms with Crippen LogP contribution in [0.15, 0.2) is 4.99 Å². The van der Waals surface area contributed by atoms with Gasteiger partial charge in [-0.05, 0) is 26.7 Å². The maximum absolute atomic E-state index is 5.64. The lowest BCUT2D eigenvalue weighted by Gasteiger charge is -2.10. The standard InChI is InChI=1S/C9H19N3O/c1-7(2)12-9(10)11-6-8-4-3-5-13-8/h7-8H,3-6H2,1-2H3,(H3,10,11,12). The molecule has 1 fully saturated rings. The van der Waals surface area contributed by atoms with E-state index < -0.39 is 0 Å². The SMILES string of the molecule is CC(C)NC(N)=NCC1CCCO1. The van der Waals surface area contributed by atoms with E-state index in [1.54, 1.807) is 0 Å². The summed E-state index contributed by atoms with van der Waals surface area (Å²) in [6, 6.07) is 0.341. The van der Waals surface area contributed by atoms with E-state index in [0.717, 1.165) is 19.4 Å². The molecule has 4 nitrogen and oxygen atoms in total. The highest BCUT2D eigenvalue weighted by Crippen LogP contribution is 2.11. The van der Waals surface area contributed by atoms with Crippen molar-refractivity contribution < 1.29 is 4.74 Å². The molecule has 0 aromatic heterocycles. The van der Waals surface area contributed by atoms with Crippen LogP contribution < -0.4 is 11.1 Å². The average Bonchev–Trinajstić information content (AvgIpc) is 2.51. The second-order valence-electron chi connectivity index (χ2n) is 3.66. The molecular weight excluding hydrogens is 166 g/mol. The summed E-state index contributed by atoms with van der Waals surface area (Å²) in [5, 5.41) is 3.04. The molecule has 1 heterocycles.